The lowest BCUT2D eigenvalue weighted by atomic mass is 10.3. The predicted molar refractivity (Wildman–Crippen MR) is 73.2 cm³/mol. The Bertz CT molecular complexity index is 442. The normalized spacial score (nSPS) is 10.4. The van der Waals surface area contributed by atoms with Crippen LogP contribution in [0.15, 0.2) is 40.3 Å². The van der Waals surface area contributed by atoms with Crippen molar-refractivity contribution in [2.24, 2.45) is 0 Å². The minimum absolute atomic E-state index is 0.882. The SMILES string of the molecule is CN(CCc1cccs1)c1cccc(Br)n1. The van der Waals surface area contributed by atoms with Crippen molar-refractivity contribution in [3.8, 4) is 0 Å². The van der Waals surface area contributed by atoms with Crippen LogP contribution in [-0.4, -0.2) is 18.6 Å². The molecule has 0 fully saturated rings. The van der Waals surface area contributed by atoms with Gasteiger partial charge in [0.25, 0.3) is 0 Å². The standard InChI is InChI=1S/C12H13BrN2S/c1-15(8-7-10-4-3-9-16-10)12-6-2-5-11(13)14-12/h2-6,9H,7-8H2,1H3. The lowest BCUT2D eigenvalue weighted by Gasteiger charge is -2.17. The summed E-state index contributed by atoms with van der Waals surface area (Å²) in [7, 11) is 2.07. The maximum absolute atomic E-state index is 4.42. The van der Waals surface area contributed by atoms with E-state index in [9.17, 15) is 0 Å². The van der Waals surface area contributed by atoms with E-state index < -0.39 is 0 Å². The Labute approximate surface area is 108 Å². The molecule has 2 heterocycles. The fraction of sp³-hybridized carbons (Fsp3) is 0.250. The van der Waals surface area contributed by atoms with Crippen LogP contribution in [0, 0.1) is 0 Å². The molecule has 0 amide bonds. The topological polar surface area (TPSA) is 16.1 Å². The van der Waals surface area contributed by atoms with Gasteiger partial charge in [-0.05, 0) is 45.9 Å². The van der Waals surface area contributed by atoms with Gasteiger partial charge in [-0.1, -0.05) is 12.1 Å². The largest absolute Gasteiger partial charge is 0.359 e. The second-order valence-corrected chi connectivity index (χ2v) is 5.41. The Morgan fingerprint density at radius 1 is 1.31 bits per heavy atom. The van der Waals surface area contributed by atoms with Gasteiger partial charge in [-0.3, -0.25) is 0 Å². The molecule has 0 aliphatic carbocycles. The lowest BCUT2D eigenvalue weighted by Crippen LogP contribution is -2.21. The van der Waals surface area contributed by atoms with Crippen LogP contribution in [0.25, 0.3) is 0 Å². The number of rotatable bonds is 4. The van der Waals surface area contributed by atoms with Crippen LogP contribution in [0.3, 0.4) is 0 Å². The zero-order chi connectivity index (χ0) is 11.4. The lowest BCUT2D eigenvalue weighted by molar-refractivity contribution is 0.867. The smallest absolute Gasteiger partial charge is 0.129 e. The van der Waals surface area contributed by atoms with Crippen LogP contribution in [0.5, 0.6) is 0 Å². The van der Waals surface area contributed by atoms with Crippen LogP contribution < -0.4 is 4.90 Å². The molecule has 0 atom stereocenters. The summed E-state index contributed by atoms with van der Waals surface area (Å²) in [5, 5.41) is 2.12. The summed E-state index contributed by atoms with van der Waals surface area (Å²) in [5.74, 6) is 1.01. The molecule has 16 heavy (non-hydrogen) atoms. The third-order valence-electron chi connectivity index (χ3n) is 2.37. The number of nitrogens with zero attached hydrogens (tertiary/aromatic N) is 2. The molecule has 84 valence electrons. The van der Waals surface area contributed by atoms with Crippen molar-refractivity contribution < 1.29 is 0 Å². The number of anilines is 1. The average Bonchev–Trinajstić information content (AvgIpc) is 2.78. The molecule has 0 aliphatic heterocycles. The van der Waals surface area contributed by atoms with Crippen molar-refractivity contribution in [1.82, 2.24) is 4.98 Å². The highest BCUT2D eigenvalue weighted by atomic mass is 79.9. The van der Waals surface area contributed by atoms with Crippen molar-refractivity contribution in [2.45, 2.75) is 6.42 Å². The molecule has 2 nitrogen and oxygen atoms in total. The Balaban J connectivity index is 1.95. The van der Waals surface area contributed by atoms with Crippen molar-refractivity contribution in [3.63, 3.8) is 0 Å². The van der Waals surface area contributed by atoms with Gasteiger partial charge in [0.05, 0.1) is 0 Å². The molecule has 2 aromatic rings. The van der Waals surface area contributed by atoms with Gasteiger partial charge in [-0.2, -0.15) is 0 Å². The average molecular weight is 297 g/mol. The maximum atomic E-state index is 4.42. The molecule has 0 aliphatic rings. The Kier molecular flexibility index (Phi) is 3.96. The number of pyridine rings is 1. The van der Waals surface area contributed by atoms with Crippen molar-refractivity contribution in [2.75, 3.05) is 18.5 Å². The van der Waals surface area contributed by atoms with E-state index in [-0.39, 0.29) is 0 Å². The molecule has 0 unspecified atom stereocenters. The monoisotopic (exact) mass is 296 g/mol. The summed E-state index contributed by atoms with van der Waals surface area (Å²) < 4.78 is 0.882. The second kappa shape index (κ2) is 5.46. The first kappa shape index (κ1) is 11.6. The molecule has 0 saturated carbocycles. The van der Waals surface area contributed by atoms with Gasteiger partial charge in [0.1, 0.15) is 10.4 Å². The zero-order valence-electron chi connectivity index (χ0n) is 9.06. The van der Waals surface area contributed by atoms with Crippen LogP contribution in [0.4, 0.5) is 5.82 Å². The van der Waals surface area contributed by atoms with E-state index in [4.69, 9.17) is 0 Å². The molecule has 0 saturated heterocycles. The fourth-order valence-electron chi connectivity index (χ4n) is 1.46. The van der Waals surface area contributed by atoms with Crippen LogP contribution in [0.1, 0.15) is 4.88 Å². The highest BCUT2D eigenvalue weighted by molar-refractivity contribution is 9.10. The van der Waals surface area contributed by atoms with E-state index in [0.717, 1.165) is 23.4 Å². The van der Waals surface area contributed by atoms with Gasteiger partial charge in [0, 0.05) is 18.5 Å². The molecule has 2 rings (SSSR count). The molecule has 0 radical (unpaired) electrons. The third kappa shape index (κ3) is 3.06. The van der Waals surface area contributed by atoms with Crippen LogP contribution in [0.2, 0.25) is 0 Å². The zero-order valence-corrected chi connectivity index (χ0v) is 11.5. The summed E-state index contributed by atoms with van der Waals surface area (Å²) in [6.07, 6.45) is 1.07. The number of hydrogen-bond donors (Lipinski definition) is 0. The third-order valence-corrected chi connectivity index (χ3v) is 3.74. The number of likely N-dealkylation sites (N-methyl/N-ethyl adjacent to an activating group) is 1. The molecule has 0 N–H and O–H groups in total. The minimum Gasteiger partial charge on any atom is -0.359 e. The van der Waals surface area contributed by atoms with Gasteiger partial charge in [-0.25, -0.2) is 4.98 Å². The molecule has 0 spiro atoms. The number of hydrogen-bond acceptors (Lipinski definition) is 3. The Morgan fingerprint density at radius 2 is 2.19 bits per heavy atom. The Hall–Kier alpha value is -0.870. The van der Waals surface area contributed by atoms with Gasteiger partial charge in [0.15, 0.2) is 0 Å². The molecule has 0 aromatic carbocycles. The summed E-state index contributed by atoms with van der Waals surface area (Å²) in [6.45, 7) is 0.990. The molecule has 4 heteroatoms. The molecular formula is C12H13BrN2S. The molecule has 2 aromatic heterocycles. The first-order chi connectivity index (χ1) is 7.75. The fourth-order valence-corrected chi connectivity index (χ4v) is 2.49. The molecule has 0 bridgehead atoms. The minimum atomic E-state index is 0.882. The number of thiophene rings is 1. The van der Waals surface area contributed by atoms with Crippen LogP contribution >= 0.6 is 27.3 Å². The van der Waals surface area contributed by atoms with Crippen molar-refractivity contribution in [3.05, 3.63) is 45.2 Å². The number of aromatic nitrogens is 1. The van der Waals surface area contributed by atoms with E-state index >= 15 is 0 Å². The first-order valence-electron chi connectivity index (χ1n) is 5.12. The summed E-state index contributed by atoms with van der Waals surface area (Å²) in [4.78, 5) is 8.01. The van der Waals surface area contributed by atoms with Crippen molar-refractivity contribution in [1.29, 1.82) is 0 Å². The summed E-state index contributed by atoms with van der Waals surface area (Å²) in [6, 6.07) is 10.2. The number of halogens is 1. The Morgan fingerprint density at radius 3 is 2.88 bits per heavy atom. The molecular weight excluding hydrogens is 284 g/mol. The summed E-state index contributed by atoms with van der Waals surface area (Å²) >= 11 is 5.19. The quantitative estimate of drug-likeness (QED) is 0.802. The van der Waals surface area contributed by atoms with Gasteiger partial charge in [-0.15, -0.1) is 11.3 Å². The van der Waals surface area contributed by atoms with E-state index in [1.54, 1.807) is 11.3 Å². The summed E-state index contributed by atoms with van der Waals surface area (Å²) in [5.41, 5.74) is 0. The maximum Gasteiger partial charge on any atom is 0.129 e. The van der Waals surface area contributed by atoms with Gasteiger partial charge < -0.3 is 4.90 Å². The highest BCUT2D eigenvalue weighted by Gasteiger charge is 2.03. The van der Waals surface area contributed by atoms with Crippen LogP contribution in [-0.2, 0) is 6.42 Å². The van der Waals surface area contributed by atoms with E-state index in [0.29, 0.717) is 0 Å². The van der Waals surface area contributed by atoms with E-state index in [1.165, 1.54) is 4.88 Å². The highest BCUT2D eigenvalue weighted by Crippen LogP contribution is 2.15. The predicted octanol–water partition coefficient (Wildman–Crippen LogP) is 3.58. The van der Waals surface area contributed by atoms with Crippen molar-refractivity contribution >= 4 is 33.1 Å². The van der Waals surface area contributed by atoms with Gasteiger partial charge >= 0.3 is 0 Å². The van der Waals surface area contributed by atoms with E-state index in [2.05, 4.69) is 50.4 Å². The second-order valence-electron chi connectivity index (χ2n) is 3.57. The first-order valence-corrected chi connectivity index (χ1v) is 6.79. The van der Waals surface area contributed by atoms with E-state index in [1.807, 2.05) is 18.2 Å². The van der Waals surface area contributed by atoms with Gasteiger partial charge in [0.2, 0.25) is 0 Å².